The Morgan fingerprint density at radius 1 is 1.04 bits per heavy atom. The predicted octanol–water partition coefficient (Wildman–Crippen LogP) is 5.49. The van der Waals surface area contributed by atoms with E-state index in [0.717, 1.165) is 46.7 Å². The molecule has 1 aliphatic rings. The van der Waals surface area contributed by atoms with E-state index in [-0.39, 0.29) is 11.9 Å². The number of carbonyl (C=O) groups excluding carboxylic acids is 1. The van der Waals surface area contributed by atoms with Crippen molar-refractivity contribution < 1.29 is 4.79 Å². The molecule has 4 rings (SSSR count). The van der Waals surface area contributed by atoms with Crippen molar-refractivity contribution in [2.75, 3.05) is 0 Å². The van der Waals surface area contributed by atoms with E-state index in [1.165, 1.54) is 0 Å². The summed E-state index contributed by atoms with van der Waals surface area (Å²) in [5.74, 6) is 0.129. The third-order valence-corrected chi connectivity index (χ3v) is 5.72. The maximum Gasteiger partial charge on any atom is 0.219 e. The van der Waals surface area contributed by atoms with E-state index in [2.05, 4.69) is 45.4 Å². The highest BCUT2D eigenvalue weighted by Crippen LogP contribution is 2.34. The molecule has 144 valence electrons. The first kappa shape index (κ1) is 18.8. The molecule has 0 spiro atoms. The van der Waals surface area contributed by atoms with Gasteiger partial charge < -0.3 is 5.32 Å². The lowest BCUT2D eigenvalue weighted by molar-refractivity contribution is -0.121. The molecular weight excluding hydrogens is 370 g/mol. The van der Waals surface area contributed by atoms with Gasteiger partial charge in [0.15, 0.2) is 0 Å². The predicted molar refractivity (Wildman–Crippen MR) is 113 cm³/mol. The summed E-state index contributed by atoms with van der Waals surface area (Å²) < 4.78 is 2.12. The Bertz CT molecular complexity index is 947. The number of hydrogen-bond donors (Lipinski definition) is 1. The van der Waals surface area contributed by atoms with Gasteiger partial charge in [0, 0.05) is 23.7 Å². The number of amides is 1. The standard InChI is InChI=1S/C23H24ClN3O/c1-2-23(28)26-20-11-12-21(15-20)27-22(13-14-25-27)18-5-3-16(4-6-18)17-7-9-19(24)10-8-17/h3-10,13-14,20-21H,2,11-12,15H2,1H3,(H,26,28)/t20-,21+/m0/s1. The lowest BCUT2D eigenvalue weighted by atomic mass is 10.0. The maximum atomic E-state index is 11.7. The normalized spacial score (nSPS) is 18.9. The van der Waals surface area contributed by atoms with Crippen LogP contribution in [0.5, 0.6) is 0 Å². The molecule has 0 saturated heterocycles. The zero-order valence-corrected chi connectivity index (χ0v) is 16.7. The number of rotatable bonds is 5. The first-order valence-corrected chi connectivity index (χ1v) is 10.2. The molecule has 1 aromatic heterocycles. The van der Waals surface area contributed by atoms with Gasteiger partial charge in [-0.15, -0.1) is 0 Å². The van der Waals surface area contributed by atoms with Crippen LogP contribution in [0, 0.1) is 0 Å². The molecule has 0 aliphatic heterocycles. The Morgan fingerprint density at radius 2 is 1.68 bits per heavy atom. The van der Waals surface area contributed by atoms with Crippen molar-refractivity contribution in [3.63, 3.8) is 0 Å². The molecule has 0 bridgehead atoms. The third-order valence-electron chi connectivity index (χ3n) is 5.47. The molecule has 1 aliphatic carbocycles. The molecular formula is C23H24ClN3O. The van der Waals surface area contributed by atoms with Crippen LogP contribution < -0.4 is 5.32 Å². The summed E-state index contributed by atoms with van der Waals surface area (Å²) in [6.07, 6.45) is 5.37. The van der Waals surface area contributed by atoms with Crippen molar-refractivity contribution in [2.45, 2.75) is 44.7 Å². The Labute approximate surface area is 170 Å². The molecule has 2 atom stereocenters. The van der Waals surface area contributed by atoms with Crippen molar-refractivity contribution in [1.82, 2.24) is 15.1 Å². The molecule has 1 fully saturated rings. The number of benzene rings is 2. The van der Waals surface area contributed by atoms with E-state index in [4.69, 9.17) is 11.6 Å². The lowest BCUT2D eigenvalue weighted by Gasteiger charge is -2.16. The van der Waals surface area contributed by atoms with E-state index >= 15 is 0 Å². The number of halogens is 1. The molecule has 28 heavy (non-hydrogen) atoms. The minimum atomic E-state index is 0.129. The molecule has 5 heteroatoms. The van der Waals surface area contributed by atoms with E-state index in [1.807, 2.05) is 37.4 Å². The van der Waals surface area contributed by atoms with Gasteiger partial charge in [-0.25, -0.2) is 0 Å². The van der Waals surface area contributed by atoms with Crippen LogP contribution in [0.15, 0.2) is 60.8 Å². The summed E-state index contributed by atoms with van der Waals surface area (Å²) >= 11 is 5.98. The van der Waals surface area contributed by atoms with Gasteiger partial charge in [-0.3, -0.25) is 9.48 Å². The zero-order chi connectivity index (χ0) is 19.5. The number of nitrogens with zero attached hydrogens (tertiary/aromatic N) is 2. The lowest BCUT2D eigenvalue weighted by Crippen LogP contribution is -2.32. The summed E-state index contributed by atoms with van der Waals surface area (Å²) in [6, 6.07) is 19.1. The van der Waals surface area contributed by atoms with Crippen LogP contribution >= 0.6 is 11.6 Å². The van der Waals surface area contributed by atoms with Gasteiger partial charge in [-0.1, -0.05) is 54.9 Å². The van der Waals surface area contributed by atoms with Gasteiger partial charge in [0.2, 0.25) is 5.91 Å². The number of carbonyl (C=O) groups is 1. The van der Waals surface area contributed by atoms with E-state index in [9.17, 15) is 4.79 Å². The first-order chi connectivity index (χ1) is 13.6. The fourth-order valence-electron chi connectivity index (χ4n) is 3.95. The molecule has 1 N–H and O–H groups in total. The number of aromatic nitrogens is 2. The van der Waals surface area contributed by atoms with Crippen LogP contribution in [-0.2, 0) is 4.79 Å². The van der Waals surface area contributed by atoms with Crippen LogP contribution in [0.1, 0.15) is 38.6 Å². The van der Waals surface area contributed by atoms with Crippen molar-refractivity contribution in [1.29, 1.82) is 0 Å². The Balaban J connectivity index is 1.51. The Hall–Kier alpha value is -2.59. The fourth-order valence-corrected chi connectivity index (χ4v) is 4.08. The topological polar surface area (TPSA) is 46.9 Å². The van der Waals surface area contributed by atoms with Gasteiger partial charge in [0.25, 0.3) is 0 Å². The molecule has 2 aromatic carbocycles. The number of hydrogen-bond acceptors (Lipinski definition) is 2. The van der Waals surface area contributed by atoms with Crippen LogP contribution in [-0.4, -0.2) is 21.7 Å². The Morgan fingerprint density at radius 3 is 2.36 bits per heavy atom. The highest BCUT2D eigenvalue weighted by molar-refractivity contribution is 6.30. The van der Waals surface area contributed by atoms with Crippen LogP contribution in [0.2, 0.25) is 5.02 Å². The van der Waals surface area contributed by atoms with Gasteiger partial charge >= 0.3 is 0 Å². The SMILES string of the molecule is CCC(=O)N[C@H]1CC[C@@H](n2nccc2-c2ccc(-c3ccc(Cl)cc3)cc2)C1. The summed E-state index contributed by atoms with van der Waals surface area (Å²) in [5.41, 5.74) is 4.58. The van der Waals surface area contributed by atoms with Gasteiger partial charge in [0.1, 0.15) is 0 Å². The molecule has 1 amide bonds. The molecule has 0 unspecified atom stereocenters. The smallest absolute Gasteiger partial charge is 0.219 e. The average molecular weight is 394 g/mol. The Kier molecular flexibility index (Phi) is 5.49. The van der Waals surface area contributed by atoms with E-state index in [1.54, 1.807) is 0 Å². The monoisotopic (exact) mass is 393 g/mol. The highest BCUT2D eigenvalue weighted by atomic mass is 35.5. The molecule has 0 radical (unpaired) electrons. The van der Waals surface area contributed by atoms with Crippen molar-refractivity contribution >= 4 is 17.5 Å². The second-order valence-corrected chi connectivity index (χ2v) is 7.77. The second-order valence-electron chi connectivity index (χ2n) is 7.33. The van der Waals surface area contributed by atoms with Gasteiger partial charge in [-0.2, -0.15) is 5.10 Å². The van der Waals surface area contributed by atoms with Crippen molar-refractivity contribution in [2.24, 2.45) is 0 Å². The van der Waals surface area contributed by atoms with Gasteiger partial charge in [0.05, 0.1) is 11.7 Å². The average Bonchev–Trinajstić information content (AvgIpc) is 3.38. The van der Waals surface area contributed by atoms with Crippen LogP contribution in [0.3, 0.4) is 0 Å². The summed E-state index contributed by atoms with van der Waals surface area (Å²) in [6.45, 7) is 1.89. The van der Waals surface area contributed by atoms with Gasteiger partial charge in [-0.05, 0) is 54.2 Å². The van der Waals surface area contributed by atoms with E-state index < -0.39 is 0 Å². The summed E-state index contributed by atoms with van der Waals surface area (Å²) in [4.78, 5) is 11.7. The molecule has 1 heterocycles. The zero-order valence-electron chi connectivity index (χ0n) is 15.9. The maximum absolute atomic E-state index is 11.7. The highest BCUT2D eigenvalue weighted by Gasteiger charge is 2.28. The quantitative estimate of drug-likeness (QED) is 0.623. The molecule has 4 nitrogen and oxygen atoms in total. The minimum Gasteiger partial charge on any atom is -0.353 e. The first-order valence-electron chi connectivity index (χ1n) is 9.83. The van der Waals surface area contributed by atoms with Crippen LogP contribution in [0.25, 0.3) is 22.4 Å². The minimum absolute atomic E-state index is 0.129. The molecule has 3 aromatic rings. The molecule has 1 saturated carbocycles. The largest absolute Gasteiger partial charge is 0.353 e. The summed E-state index contributed by atoms with van der Waals surface area (Å²) in [5, 5.41) is 8.45. The summed E-state index contributed by atoms with van der Waals surface area (Å²) in [7, 11) is 0. The number of nitrogens with one attached hydrogen (secondary N) is 1. The van der Waals surface area contributed by atoms with E-state index in [0.29, 0.717) is 12.5 Å². The van der Waals surface area contributed by atoms with Crippen molar-refractivity contribution in [3.8, 4) is 22.4 Å². The second kappa shape index (κ2) is 8.19. The fraction of sp³-hybridized carbons (Fsp3) is 0.304. The third kappa shape index (κ3) is 3.97. The van der Waals surface area contributed by atoms with Crippen molar-refractivity contribution in [3.05, 3.63) is 65.8 Å². The van der Waals surface area contributed by atoms with Crippen LogP contribution in [0.4, 0.5) is 0 Å².